The van der Waals surface area contributed by atoms with Crippen LogP contribution in [0.15, 0.2) is 21.2 Å². The van der Waals surface area contributed by atoms with Crippen LogP contribution in [-0.2, 0) is 17.8 Å². The van der Waals surface area contributed by atoms with E-state index in [1.165, 1.54) is 21.1 Å². The van der Waals surface area contributed by atoms with Gasteiger partial charge in [0.15, 0.2) is 15.6 Å². The van der Waals surface area contributed by atoms with Crippen LogP contribution in [-0.4, -0.2) is 53.3 Å². The molecule has 0 bridgehead atoms. The molecule has 1 N–H and O–H groups in total. The fourth-order valence-electron chi connectivity index (χ4n) is 2.64. The van der Waals surface area contributed by atoms with Crippen molar-refractivity contribution >= 4 is 44.2 Å². The number of nitrogens with zero attached hydrogens (tertiary/aromatic N) is 3. The Morgan fingerprint density at radius 3 is 2.96 bits per heavy atom. The molecule has 7 nitrogen and oxygen atoms in total. The second kappa shape index (κ2) is 7.67. The monoisotopic (exact) mass is 426 g/mol. The van der Waals surface area contributed by atoms with E-state index < -0.39 is 0 Å². The lowest BCUT2D eigenvalue weighted by Gasteiger charge is -2.23. The molecular formula is C16H19BrN4O3S. The molecular weight excluding hydrogens is 408 g/mol. The number of fused-ring (bicyclic) bond motifs is 1. The molecule has 9 heteroatoms. The van der Waals surface area contributed by atoms with Crippen molar-refractivity contribution in [2.45, 2.75) is 19.9 Å². The van der Waals surface area contributed by atoms with Crippen molar-refractivity contribution in [3.05, 3.63) is 33.1 Å². The fraction of sp³-hybridized carbons (Fsp3) is 0.438. The van der Waals surface area contributed by atoms with Gasteiger partial charge in [-0.2, -0.15) is 0 Å². The second-order valence-corrected chi connectivity index (χ2v) is 7.69. The van der Waals surface area contributed by atoms with Gasteiger partial charge in [0.25, 0.3) is 5.91 Å². The van der Waals surface area contributed by atoms with Gasteiger partial charge < -0.3 is 14.6 Å². The molecule has 0 fully saturated rings. The predicted molar refractivity (Wildman–Crippen MR) is 98.8 cm³/mol. The highest BCUT2D eigenvalue weighted by Gasteiger charge is 2.22. The highest BCUT2D eigenvalue weighted by atomic mass is 79.9. The molecule has 0 saturated carbocycles. The van der Waals surface area contributed by atoms with E-state index >= 15 is 0 Å². The third-order valence-corrected chi connectivity index (χ3v) is 5.44. The number of rotatable bonds is 5. The van der Waals surface area contributed by atoms with Gasteiger partial charge >= 0.3 is 0 Å². The van der Waals surface area contributed by atoms with Gasteiger partial charge in [-0.25, -0.2) is 4.98 Å². The summed E-state index contributed by atoms with van der Waals surface area (Å²) in [5.41, 5.74) is 1.06. The Bertz CT molecular complexity index is 788. The van der Waals surface area contributed by atoms with Crippen LogP contribution in [0.1, 0.15) is 28.0 Å². The van der Waals surface area contributed by atoms with E-state index in [9.17, 15) is 9.59 Å². The van der Waals surface area contributed by atoms with E-state index in [1.54, 1.807) is 19.2 Å². The summed E-state index contributed by atoms with van der Waals surface area (Å²) in [6, 6.07) is 3.20. The molecule has 0 aromatic carbocycles. The number of hydrogen-bond donors (Lipinski definition) is 1. The van der Waals surface area contributed by atoms with Gasteiger partial charge in [0.05, 0.1) is 5.69 Å². The van der Waals surface area contributed by atoms with Crippen LogP contribution in [0.3, 0.4) is 0 Å². The molecule has 2 amide bonds. The molecule has 0 unspecified atom stereocenters. The van der Waals surface area contributed by atoms with Crippen molar-refractivity contribution in [2.24, 2.45) is 0 Å². The molecule has 1 aliphatic heterocycles. The summed E-state index contributed by atoms with van der Waals surface area (Å²) < 4.78 is 5.70. The van der Waals surface area contributed by atoms with Crippen molar-refractivity contribution < 1.29 is 14.0 Å². The highest BCUT2D eigenvalue weighted by Crippen LogP contribution is 2.28. The Kier molecular flexibility index (Phi) is 5.55. The summed E-state index contributed by atoms with van der Waals surface area (Å²) in [7, 11) is 1.56. The number of aromatic nitrogens is 1. The van der Waals surface area contributed by atoms with E-state index in [2.05, 4.69) is 38.1 Å². The molecule has 2 aromatic rings. The van der Waals surface area contributed by atoms with Gasteiger partial charge in [0.2, 0.25) is 5.91 Å². The zero-order chi connectivity index (χ0) is 18.0. The number of furan rings is 1. The number of likely N-dealkylation sites (N-methyl/N-ethyl adjacent to an activating group) is 2. The first kappa shape index (κ1) is 18.1. The maximum absolute atomic E-state index is 12.2. The maximum Gasteiger partial charge on any atom is 0.289 e. The molecule has 134 valence electrons. The number of halogens is 1. The van der Waals surface area contributed by atoms with Crippen LogP contribution in [0.5, 0.6) is 0 Å². The number of carbonyl (C=O) groups is 2. The zero-order valence-corrected chi connectivity index (χ0v) is 16.4. The van der Waals surface area contributed by atoms with E-state index in [-0.39, 0.29) is 24.1 Å². The second-order valence-electron chi connectivity index (χ2n) is 5.82. The average Bonchev–Trinajstić information content (AvgIpc) is 3.18. The molecule has 2 aromatic heterocycles. The molecule has 25 heavy (non-hydrogen) atoms. The first-order valence-electron chi connectivity index (χ1n) is 7.98. The lowest BCUT2D eigenvalue weighted by atomic mass is 10.2. The van der Waals surface area contributed by atoms with Gasteiger partial charge in [-0.15, -0.1) is 11.3 Å². The standard InChI is InChI=1S/C16H19BrN4O3S/c1-3-21-7-6-10-12(8-21)25-16(18-10)19-14(22)9-20(2)15(23)11-4-5-13(17)24-11/h4-5H,3,6-9H2,1-2H3,(H,18,19,22). The molecule has 3 heterocycles. The molecule has 0 radical (unpaired) electrons. The summed E-state index contributed by atoms with van der Waals surface area (Å²) in [4.78, 5) is 33.8. The number of thiazole rings is 1. The van der Waals surface area contributed by atoms with Gasteiger partial charge in [0.1, 0.15) is 6.54 Å². The summed E-state index contributed by atoms with van der Waals surface area (Å²) in [6.45, 7) is 4.96. The Balaban J connectivity index is 1.57. The van der Waals surface area contributed by atoms with Crippen molar-refractivity contribution in [2.75, 3.05) is 32.0 Å². The van der Waals surface area contributed by atoms with Crippen LogP contribution < -0.4 is 5.32 Å². The van der Waals surface area contributed by atoms with Gasteiger partial charge in [-0.05, 0) is 34.6 Å². The Hall–Kier alpha value is -1.71. The van der Waals surface area contributed by atoms with E-state index in [4.69, 9.17) is 4.42 Å². The van der Waals surface area contributed by atoms with Crippen molar-refractivity contribution in [3.8, 4) is 0 Å². The lowest BCUT2D eigenvalue weighted by molar-refractivity contribution is -0.116. The minimum absolute atomic E-state index is 0.0670. The molecule has 0 atom stereocenters. The van der Waals surface area contributed by atoms with Crippen LogP contribution in [0.25, 0.3) is 0 Å². The third-order valence-electron chi connectivity index (χ3n) is 4.02. The van der Waals surface area contributed by atoms with Crippen LogP contribution >= 0.6 is 27.3 Å². The van der Waals surface area contributed by atoms with Crippen LogP contribution in [0.4, 0.5) is 5.13 Å². The SMILES string of the molecule is CCN1CCc2nc(NC(=O)CN(C)C(=O)c3ccc(Br)o3)sc2C1. The quantitative estimate of drug-likeness (QED) is 0.794. The topological polar surface area (TPSA) is 78.7 Å². The largest absolute Gasteiger partial charge is 0.444 e. The minimum Gasteiger partial charge on any atom is -0.444 e. The smallest absolute Gasteiger partial charge is 0.289 e. The first-order chi connectivity index (χ1) is 12.0. The van der Waals surface area contributed by atoms with Crippen molar-refractivity contribution in [1.29, 1.82) is 0 Å². The molecule has 3 rings (SSSR count). The fourth-order valence-corrected chi connectivity index (χ4v) is 4.01. The van der Waals surface area contributed by atoms with Gasteiger partial charge in [-0.3, -0.25) is 14.5 Å². The van der Waals surface area contributed by atoms with Crippen molar-refractivity contribution in [1.82, 2.24) is 14.8 Å². The highest BCUT2D eigenvalue weighted by molar-refractivity contribution is 9.10. The molecule has 1 aliphatic rings. The van der Waals surface area contributed by atoms with E-state index in [0.717, 1.165) is 31.7 Å². The van der Waals surface area contributed by atoms with Crippen molar-refractivity contribution in [3.63, 3.8) is 0 Å². The number of anilines is 1. The summed E-state index contributed by atoms with van der Waals surface area (Å²) in [5.74, 6) is -0.440. The Labute approximate surface area is 158 Å². The van der Waals surface area contributed by atoms with Crippen LogP contribution in [0.2, 0.25) is 0 Å². The molecule has 0 spiro atoms. The average molecular weight is 427 g/mol. The summed E-state index contributed by atoms with van der Waals surface area (Å²) >= 11 is 4.66. The molecule has 0 saturated heterocycles. The first-order valence-corrected chi connectivity index (χ1v) is 9.58. The van der Waals surface area contributed by atoms with Gasteiger partial charge in [0, 0.05) is 31.4 Å². The predicted octanol–water partition coefficient (Wildman–Crippen LogP) is 2.59. The lowest BCUT2D eigenvalue weighted by Crippen LogP contribution is -2.34. The maximum atomic E-state index is 12.2. The number of carbonyl (C=O) groups excluding carboxylic acids is 2. The summed E-state index contributed by atoms with van der Waals surface area (Å²) in [5, 5.41) is 3.38. The number of amides is 2. The van der Waals surface area contributed by atoms with Gasteiger partial charge in [-0.1, -0.05) is 6.92 Å². The Morgan fingerprint density at radius 1 is 1.48 bits per heavy atom. The van der Waals surface area contributed by atoms with E-state index in [0.29, 0.717) is 9.80 Å². The van der Waals surface area contributed by atoms with E-state index in [1.807, 2.05) is 0 Å². The van der Waals surface area contributed by atoms with Crippen LogP contribution in [0, 0.1) is 0 Å². The minimum atomic E-state index is -0.349. The zero-order valence-electron chi connectivity index (χ0n) is 14.0. The Morgan fingerprint density at radius 2 is 2.28 bits per heavy atom. The third kappa shape index (κ3) is 4.28. The normalized spacial score (nSPS) is 14.2. The number of hydrogen-bond acceptors (Lipinski definition) is 6. The number of nitrogens with one attached hydrogen (secondary N) is 1. The molecule has 0 aliphatic carbocycles. The summed E-state index contributed by atoms with van der Waals surface area (Å²) in [6.07, 6.45) is 0.904.